The minimum Gasteiger partial charge on any atom is -1.00 e. The second kappa shape index (κ2) is 9.59. The van der Waals surface area contributed by atoms with E-state index in [2.05, 4.69) is 47.7 Å². The van der Waals surface area contributed by atoms with Gasteiger partial charge in [0.1, 0.15) is 6.61 Å². The van der Waals surface area contributed by atoms with Crippen LogP contribution in [0.1, 0.15) is 11.1 Å². The summed E-state index contributed by atoms with van der Waals surface area (Å²) in [5.41, 5.74) is 4.82. The largest absolute Gasteiger partial charge is 1.00 e. The molecule has 2 heterocycles. The molecule has 2 aromatic carbocycles. The van der Waals surface area contributed by atoms with Gasteiger partial charge in [-0.25, -0.2) is 0 Å². The first-order valence-electron chi connectivity index (χ1n) is 8.49. The first-order chi connectivity index (χ1) is 12.2. The maximum atomic E-state index is 8.93. The molecule has 0 unspecified atom stereocenters. The normalized spacial score (nSPS) is 10.1. The molecule has 3 nitrogen and oxygen atoms in total. The number of aliphatic hydroxyl groups is 1. The van der Waals surface area contributed by atoms with E-state index in [0.717, 1.165) is 5.52 Å². The van der Waals surface area contributed by atoms with Gasteiger partial charge in [0.15, 0.2) is 12.7 Å². The van der Waals surface area contributed by atoms with Gasteiger partial charge in [0.25, 0.3) is 0 Å². The van der Waals surface area contributed by atoms with E-state index in [1.54, 1.807) is 0 Å². The van der Waals surface area contributed by atoms with Crippen LogP contribution in [0.3, 0.4) is 0 Å². The van der Waals surface area contributed by atoms with E-state index in [9.17, 15) is 0 Å². The first kappa shape index (κ1) is 20.3. The predicted molar refractivity (Wildman–Crippen MR) is 102 cm³/mol. The van der Waals surface area contributed by atoms with Crippen molar-refractivity contribution >= 4 is 21.8 Å². The molecule has 0 saturated heterocycles. The highest BCUT2D eigenvalue weighted by atomic mass is 127. The Balaban J connectivity index is 0.000000184. The molecule has 134 valence electrons. The van der Waals surface area contributed by atoms with Crippen LogP contribution < -0.4 is 28.5 Å². The standard InChI is InChI=1S/C12H14NO.C10H9N.HI/c1-10-6-7-13(8-9-14)12-5-3-2-4-11(10)12;1-8-6-7-11-10-5-3-2-4-9(8)10;/h2-7,14H,8-9H2,1H3;2-7H,1H3;1H/q+1;;/p-1. The van der Waals surface area contributed by atoms with Gasteiger partial charge in [0.2, 0.25) is 5.52 Å². The molecular weight excluding hydrogens is 435 g/mol. The highest BCUT2D eigenvalue weighted by Crippen LogP contribution is 2.14. The maximum absolute atomic E-state index is 8.93. The Kier molecular flexibility index (Phi) is 7.48. The summed E-state index contributed by atoms with van der Waals surface area (Å²) in [4.78, 5) is 4.24. The molecule has 4 rings (SSSR count). The number of hydrogen-bond acceptors (Lipinski definition) is 2. The van der Waals surface area contributed by atoms with Gasteiger partial charge in [0, 0.05) is 29.1 Å². The molecule has 0 aliphatic rings. The molecule has 0 atom stereocenters. The molecule has 0 amide bonds. The van der Waals surface area contributed by atoms with Crippen LogP contribution in [0.25, 0.3) is 21.8 Å². The highest BCUT2D eigenvalue weighted by Gasteiger charge is 2.08. The lowest BCUT2D eigenvalue weighted by Crippen LogP contribution is -3.00. The number of aromatic nitrogens is 2. The van der Waals surface area contributed by atoms with Crippen molar-refractivity contribution in [3.05, 3.63) is 84.2 Å². The number of fused-ring (bicyclic) bond motifs is 2. The second-order valence-electron chi connectivity index (χ2n) is 6.08. The van der Waals surface area contributed by atoms with Gasteiger partial charge in [-0.2, -0.15) is 4.57 Å². The first-order valence-corrected chi connectivity index (χ1v) is 8.49. The van der Waals surface area contributed by atoms with Gasteiger partial charge in [0.05, 0.1) is 5.52 Å². The minimum absolute atomic E-state index is 0. The SMILES string of the molecule is Cc1cc[n+](CCO)c2ccccc12.Cc1ccnc2ccccc12.[I-]. The summed E-state index contributed by atoms with van der Waals surface area (Å²) >= 11 is 0. The van der Waals surface area contributed by atoms with E-state index in [4.69, 9.17) is 5.11 Å². The zero-order valence-electron chi connectivity index (χ0n) is 15.1. The molecule has 0 fully saturated rings. The quantitative estimate of drug-likeness (QED) is 0.359. The Hall–Kier alpha value is -2.05. The molecule has 0 radical (unpaired) electrons. The summed E-state index contributed by atoms with van der Waals surface area (Å²) in [7, 11) is 0. The van der Waals surface area contributed by atoms with E-state index in [1.165, 1.54) is 27.4 Å². The van der Waals surface area contributed by atoms with Crippen molar-refractivity contribution in [3.8, 4) is 0 Å². The number of aryl methyl sites for hydroxylation is 2. The molecule has 0 aliphatic heterocycles. The van der Waals surface area contributed by atoms with Gasteiger partial charge in [-0.1, -0.05) is 30.3 Å². The third-order valence-corrected chi connectivity index (χ3v) is 4.35. The fraction of sp³-hybridized carbons (Fsp3) is 0.182. The Bertz CT molecular complexity index is 996. The molecule has 4 aromatic rings. The Labute approximate surface area is 171 Å². The number of pyridine rings is 2. The molecule has 2 aromatic heterocycles. The van der Waals surface area contributed by atoms with E-state index >= 15 is 0 Å². The van der Waals surface area contributed by atoms with Gasteiger partial charge in [-0.15, -0.1) is 0 Å². The smallest absolute Gasteiger partial charge is 0.212 e. The third-order valence-electron chi connectivity index (χ3n) is 4.35. The number of benzene rings is 2. The second-order valence-corrected chi connectivity index (χ2v) is 6.08. The zero-order chi connectivity index (χ0) is 17.6. The fourth-order valence-corrected chi connectivity index (χ4v) is 2.97. The molecular formula is C22H23IN2O. The Morgan fingerprint density at radius 3 is 2.23 bits per heavy atom. The minimum atomic E-state index is 0. The van der Waals surface area contributed by atoms with Crippen LogP contribution in [0.2, 0.25) is 0 Å². The van der Waals surface area contributed by atoms with Gasteiger partial charge >= 0.3 is 0 Å². The number of hydrogen-bond donors (Lipinski definition) is 1. The Morgan fingerprint density at radius 2 is 1.50 bits per heavy atom. The number of halogens is 1. The molecule has 0 spiro atoms. The van der Waals surface area contributed by atoms with Crippen molar-refractivity contribution in [2.24, 2.45) is 0 Å². The summed E-state index contributed by atoms with van der Waals surface area (Å²) < 4.78 is 2.07. The monoisotopic (exact) mass is 458 g/mol. The lowest BCUT2D eigenvalue weighted by atomic mass is 10.1. The zero-order valence-corrected chi connectivity index (χ0v) is 17.2. The highest BCUT2D eigenvalue weighted by molar-refractivity contribution is 5.81. The topological polar surface area (TPSA) is 37.0 Å². The molecule has 1 N–H and O–H groups in total. The van der Waals surface area contributed by atoms with Gasteiger partial charge in [-0.05, 0) is 43.2 Å². The summed E-state index contributed by atoms with van der Waals surface area (Å²) in [5.74, 6) is 0. The number of rotatable bonds is 2. The molecule has 26 heavy (non-hydrogen) atoms. The van der Waals surface area contributed by atoms with Gasteiger partial charge < -0.3 is 29.1 Å². The third kappa shape index (κ3) is 4.56. The predicted octanol–water partition coefficient (Wildman–Crippen LogP) is 0.975. The maximum Gasteiger partial charge on any atom is 0.212 e. The lowest BCUT2D eigenvalue weighted by Gasteiger charge is -2.01. The summed E-state index contributed by atoms with van der Waals surface area (Å²) in [5, 5.41) is 11.4. The fourth-order valence-electron chi connectivity index (χ4n) is 2.97. The van der Waals surface area contributed by atoms with E-state index < -0.39 is 0 Å². The number of nitrogens with zero attached hydrogens (tertiary/aromatic N) is 2. The molecule has 4 heteroatoms. The van der Waals surface area contributed by atoms with E-state index in [-0.39, 0.29) is 30.6 Å². The van der Waals surface area contributed by atoms with Crippen LogP contribution >= 0.6 is 0 Å². The van der Waals surface area contributed by atoms with E-state index in [1.807, 2.05) is 48.8 Å². The van der Waals surface area contributed by atoms with Crippen molar-refractivity contribution in [2.75, 3.05) is 6.61 Å². The summed E-state index contributed by atoms with van der Waals surface area (Å²) in [6.07, 6.45) is 3.87. The van der Waals surface area contributed by atoms with E-state index in [0.29, 0.717) is 6.54 Å². The van der Waals surface area contributed by atoms with Crippen molar-refractivity contribution in [3.63, 3.8) is 0 Å². The average Bonchev–Trinajstić information content (AvgIpc) is 2.65. The summed E-state index contributed by atoms with van der Waals surface area (Å²) in [6, 6.07) is 20.5. The van der Waals surface area contributed by atoms with Gasteiger partial charge in [-0.3, -0.25) is 4.98 Å². The average molecular weight is 458 g/mol. The van der Waals surface area contributed by atoms with Crippen LogP contribution in [-0.2, 0) is 6.54 Å². The van der Waals surface area contributed by atoms with Crippen LogP contribution in [0.15, 0.2) is 73.1 Å². The van der Waals surface area contributed by atoms with Crippen LogP contribution in [0.5, 0.6) is 0 Å². The molecule has 0 aliphatic carbocycles. The van der Waals surface area contributed by atoms with Crippen molar-refractivity contribution < 1.29 is 33.7 Å². The lowest BCUT2D eigenvalue weighted by molar-refractivity contribution is -0.672. The molecule has 0 saturated carbocycles. The number of aliphatic hydroxyl groups excluding tert-OH is 1. The van der Waals surface area contributed by atoms with Crippen LogP contribution in [0.4, 0.5) is 0 Å². The van der Waals surface area contributed by atoms with Crippen LogP contribution in [0, 0.1) is 13.8 Å². The van der Waals surface area contributed by atoms with Crippen molar-refractivity contribution in [1.82, 2.24) is 4.98 Å². The Morgan fingerprint density at radius 1 is 0.846 bits per heavy atom. The molecule has 0 bridgehead atoms. The summed E-state index contributed by atoms with van der Waals surface area (Å²) in [6.45, 7) is 5.04. The van der Waals surface area contributed by atoms with Crippen molar-refractivity contribution in [2.45, 2.75) is 20.4 Å². The van der Waals surface area contributed by atoms with Crippen molar-refractivity contribution in [1.29, 1.82) is 0 Å². The number of para-hydroxylation sites is 2. The van der Waals surface area contributed by atoms with Crippen LogP contribution in [-0.4, -0.2) is 16.7 Å².